The fourth-order valence-electron chi connectivity index (χ4n) is 4.53. The van der Waals surface area contributed by atoms with E-state index < -0.39 is 7.82 Å². The topological polar surface area (TPSA) is 73.9 Å². The largest absolute Gasteiger partial charge is 0.530 e. The molecule has 3 rings (SSSR count). The Balaban J connectivity index is 1.41. The van der Waals surface area contributed by atoms with E-state index in [4.69, 9.17) is 13.6 Å². The maximum Gasteiger partial charge on any atom is 0.530 e. The molecule has 0 aliphatic heterocycles. The average Bonchev–Trinajstić information content (AvgIpc) is 3.02. The lowest BCUT2D eigenvalue weighted by atomic mass is 10.1. The van der Waals surface area contributed by atoms with E-state index in [0.717, 1.165) is 36.8 Å². The molecule has 0 aliphatic rings. The van der Waals surface area contributed by atoms with Crippen molar-refractivity contribution in [3.8, 4) is 5.75 Å². The summed E-state index contributed by atoms with van der Waals surface area (Å²) in [5, 5.41) is 2.93. The zero-order valence-electron chi connectivity index (χ0n) is 25.6. The van der Waals surface area contributed by atoms with Crippen LogP contribution in [0.2, 0.25) is 0 Å². The summed E-state index contributed by atoms with van der Waals surface area (Å²) >= 11 is 0. The summed E-state index contributed by atoms with van der Waals surface area (Å²) in [5.41, 5.74) is 2.27. The van der Waals surface area contributed by atoms with Crippen LogP contribution in [-0.2, 0) is 31.6 Å². The van der Waals surface area contributed by atoms with E-state index in [0.29, 0.717) is 12.1 Å². The van der Waals surface area contributed by atoms with E-state index >= 15 is 0 Å². The van der Waals surface area contributed by atoms with Crippen LogP contribution < -0.4 is 9.84 Å². The van der Waals surface area contributed by atoms with Gasteiger partial charge >= 0.3 is 7.82 Å². The molecule has 3 aromatic rings. The minimum atomic E-state index is -3.99. The van der Waals surface area contributed by atoms with E-state index in [1.165, 1.54) is 44.9 Å². The van der Waals surface area contributed by atoms with Crippen LogP contribution in [0.1, 0.15) is 95.1 Å². The third kappa shape index (κ3) is 15.2. The summed E-state index contributed by atoms with van der Waals surface area (Å²) < 4.78 is 30.9. The van der Waals surface area contributed by atoms with E-state index in [-0.39, 0.29) is 24.9 Å². The summed E-state index contributed by atoms with van der Waals surface area (Å²) in [5.74, 6) is 0.240. The molecule has 0 atom stereocenters. The first-order valence-electron chi connectivity index (χ1n) is 15.8. The van der Waals surface area contributed by atoms with Gasteiger partial charge in [-0.3, -0.25) is 13.8 Å². The molecule has 0 unspecified atom stereocenters. The molecule has 0 fully saturated rings. The Kier molecular flexibility index (Phi) is 16.5. The van der Waals surface area contributed by atoms with Crippen molar-refractivity contribution in [3.63, 3.8) is 0 Å². The summed E-state index contributed by atoms with van der Waals surface area (Å²) in [6.45, 7) is 2.38. The third-order valence-corrected chi connectivity index (χ3v) is 8.29. The fraction of sp³-hybridized carbons (Fsp3) is 0.417. The summed E-state index contributed by atoms with van der Waals surface area (Å²) in [7, 11) is -3.99. The van der Waals surface area contributed by atoms with Crippen LogP contribution in [0.3, 0.4) is 0 Å². The number of carbonyl (C=O) groups is 1. The molecule has 43 heavy (non-hydrogen) atoms. The van der Waals surface area contributed by atoms with E-state index in [1.807, 2.05) is 60.7 Å². The zero-order chi connectivity index (χ0) is 30.4. The maximum absolute atomic E-state index is 13.7. The zero-order valence-corrected chi connectivity index (χ0v) is 26.5. The minimum absolute atomic E-state index is 0.0491. The van der Waals surface area contributed by atoms with Gasteiger partial charge in [-0.2, -0.15) is 0 Å². The van der Waals surface area contributed by atoms with E-state index in [9.17, 15) is 9.36 Å². The number of phosphoric ester groups is 1. The van der Waals surface area contributed by atoms with E-state index in [2.05, 4.69) is 24.4 Å². The van der Waals surface area contributed by atoms with Crippen molar-refractivity contribution >= 4 is 19.4 Å². The standard InChI is InChI=1S/C36H48NO5P/c1-2-3-4-5-6-7-8-9-10-11-12-13-20-28-36(38)37-34-26-21-27-35(29-34)42-43(39,40-30-32-22-16-14-17-23-32)41-31-33-24-18-15-19-25-33/h7-8,14-19,21-27,29H,2-6,9-13,20,28,30-31H2,1H3,(H,37,38)/b8-7-. The first-order chi connectivity index (χ1) is 21.1. The molecule has 0 aliphatic carbocycles. The first-order valence-corrected chi connectivity index (χ1v) is 17.2. The van der Waals surface area contributed by atoms with Crippen molar-refractivity contribution in [1.82, 2.24) is 0 Å². The molecular formula is C36H48NO5P. The SMILES string of the molecule is CCCCCC/C=C\CCCCCCCC(=O)Nc1cccc(OP(=O)(OCc2ccccc2)OCc2ccccc2)c1. The highest BCUT2D eigenvalue weighted by Gasteiger charge is 2.29. The van der Waals surface area contributed by atoms with Crippen LogP contribution in [-0.4, -0.2) is 5.91 Å². The minimum Gasteiger partial charge on any atom is -0.404 e. The number of benzene rings is 3. The lowest BCUT2D eigenvalue weighted by Crippen LogP contribution is -2.11. The number of amides is 1. The number of hydrogen-bond donors (Lipinski definition) is 1. The van der Waals surface area contributed by atoms with Crippen molar-refractivity contribution in [3.05, 3.63) is 108 Å². The number of hydrogen-bond acceptors (Lipinski definition) is 5. The van der Waals surface area contributed by atoms with Gasteiger partial charge in [0.1, 0.15) is 5.75 Å². The molecule has 6 nitrogen and oxygen atoms in total. The Morgan fingerprint density at radius 1 is 0.698 bits per heavy atom. The summed E-state index contributed by atoms with van der Waals surface area (Å²) in [6.07, 6.45) is 18.2. The lowest BCUT2D eigenvalue weighted by Gasteiger charge is -2.19. The predicted octanol–water partition coefficient (Wildman–Crippen LogP) is 10.8. The Morgan fingerprint density at radius 3 is 1.86 bits per heavy atom. The van der Waals surface area contributed by atoms with Crippen molar-refractivity contribution in [1.29, 1.82) is 0 Å². The number of unbranched alkanes of at least 4 members (excludes halogenated alkanes) is 9. The Bertz CT molecular complexity index is 1200. The van der Waals surface area contributed by atoms with Gasteiger partial charge in [0, 0.05) is 18.2 Å². The van der Waals surface area contributed by atoms with Crippen LogP contribution >= 0.6 is 7.82 Å². The van der Waals surface area contributed by atoms with Gasteiger partial charge in [0.05, 0.1) is 13.2 Å². The second-order valence-electron chi connectivity index (χ2n) is 10.8. The number of allylic oxidation sites excluding steroid dienone is 2. The molecule has 3 aromatic carbocycles. The predicted molar refractivity (Wildman–Crippen MR) is 176 cm³/mol. The normalized spacial score (nSPS) is 11.6. The van der Waals surface area contributed by atoms with Gasteiger partial charge in [-0.15, -0.1) is 0 Å². The van der Waals surface area contributed by atoms with Gasteiger partial charge in [0.2, 0.25) is 5.91 Å². The van der Waals surface area contributed by atoms with Crippen molar-refractivity contribution in [2.45, 2.75) is 97.2 Å². The molecule has 0 aromatic heterocycles. The van der Waals surface area contributed by atoms with Crippen molar-refractivity contribution in [2.75, 3.05) is 5.32 Å². The van der Waals surface area contributed by atoms with Crippen molar-refractivity contribution < 1.29 is 22.9 Å². The Hall–Kier alpha value is -3.18. The van der Waals surface area contributed by atoms with Crippen molar-refractivity contribution in [2.24, 2.45) is 0 Å². The highest BCUT2D eigenvalue weighted by Crippen LogP contribution is 2.51. The van der Waals surface area contributed by atoms with Crippen LogP contribution in [0, 0.1) is 0 Å². The first kappa shape index (κ1) is 34.3. The van der Waals surface area contributed by atoms with Crippen LogP contribution in [0.5, 0.6) is 5.75 Å². The highest BCUT2D eigenvalue weighted by atomic mass is 31.2. The average molecular weight is 606 g/mol. The van der Waals surface area contributed by atoms with Gasteiger partial charge in [-0.05, 0) is 55.4 Å². The smallest absolute Gasteiger partial charge is 0.404 e. The van der Waals surface area contributed by atoms with E-state index in [1.54, 1.807) is 24.3 Å². The van der Waals surface area contributed by atoms with Crippen LogP contribution in [0.25, 0.3) is 0 Å². The molecule has 0 heterocycles. The maximum atomic E-state index is 13.7. The second kappa shape index (κ2) is 20.7. The van der Waals surface area contributed by atoms with Gasteiger partial charge in [0.15, 0.2) is 0 Å². The Labute approximate surface area is 258 Å². The molecule has 1 N–H and O–H groups in total. The van der Waals surface area contributed by atoms with Crippen LogP contribution in [0.4, 0.5) is 5.69 Å². The quantitative estimate of drug-likeness (QED) is 0.0701. The van der Waals surface area contributed by atoms with Gasteiger partial charge in [-0.1, -0.05) is 124 Å². The highest BCUT2D eigenvalue weighted by molar-refractivity contribution is 7.48. The van der Waals surface area contributed by atoms with Gasteiger partial charge < -0.3 is 9.84 Å². The molecule has 0 saturated heterocycles. The number of rotatable bonds is 22. The molecule has 0 spiro atoms. The number of nitrogens with one attached hydrogen (secondary N) is 1. The number of anilines is 1. The monoisotopic (exact) mass is 605 g/mol. The molecule has 232 valence electrons. The molecule has 7 heteroatoms. The van der Waals surface area contributed by atoms with Gasteiger partial charge in [0.25, 0.3) is 0 Å². The molecule has 0 saturated carbocycles. The third-order valence-electron chi connectivity index (χ3n) is 6.96. The number of carbonyl (C=O) groups excluding carboxylic acids is 1. The summed E-state index contributed by atoms with van der Waals surface area (Å²) in [6, 6.07) is 25.7. The molecule has 0 bridgehead atoms. The molecule has 1 amide bonds. The lowest BCUT2D eigenvalue weighted by molar-refractivity contribution is -0.116. The second-order valence-corrected chi connectivity index (χ2v) is 12.4. The molecule has 0 radical (unpaired) electrons. The number of phosphoric acid groups is 1. The summed E-state index contributed by atoms with van der Waals surface area (Å²) in [4.78, 5) is 12.6. The molecular weight excluding hydrogens is 557 g/mol. The fourth-order valence-corrected chi connectivity index (χ4v) is 5.70. The van der Waals surface area contributed by atoms with Crippen LogP contribution in [0.15, 0.2) is 97.1 Å². The Morgan fingerprint density at radius 2 is 1.26 bits per heavy atom. The van der Waals surface area contributed by atoms with Gasteiger partial charge in [-0.25, -0.2) is 4.57 Å².